The number of carbonyl (C=O) groups is 1. The normalized spacial score (nSPS) is 10.3. The van der Waals surface area contributed by atoms with Gasteiger partial charge >= 0.3 is 0 Å². The molecule has 1 N–H and O–H groups in total. The van der Waals surface area contributed by atoms with Crippen molar-refractivity contribution >= 4 is 5.91 Å². The second-order valence-electron chi connectivity index (χ2n) is 3.99. The van der Waals surface area contributed by atoms with Gasteiger partial charge in [0.25, 0.3) is 0 Å². The Morgan fingerprint density at radius 1 is 1.25 bits per heavy atom. The molecule has 16 heavy (non-hydrogen) atoms. The average molecular weight is 223 g/mol. The minimum atomic E-state index is 0.151. The van der Waals surface area contributed by atoms with Crippen LogP contribution in [0.3, 0.4) is 0 Å². The Morgan fingerprint density at radius 2 is 2.00 bits per heavy atom. The maximum Gasteiger partial charge on any atom is 0.219 e. The second-order valence-corrected chi connectivity index (χ2v) is 3.99. The van der Waals surface area contributed by atoms with E-state index >= 15 is 0 Å². The number of unbranched alkanes of at least 4 members (excludes halogenated alkanes) is 4. The third-order valence-corrected chi connectivity index (χ3v) is 2.66. The van der Waals surface area contributed by atoms with Crippen LogP contribution in [-0.4, -0.2) is 22.5 Å². The molecule has 0 saturated heterocycles. The zero-order valence-electron chi connectivity index (χ0n) is 9.98. The molecule has 0 aliphatic rings. The largest absolute Gasteiger partial charge is 0.359 e. The molecule has 90 valence electrons. The molecule has 0 aliphatic heterocycles. The van der Waals surface area contributed by atoms with Gasteiger partial charge in [-0.1, -0.05) is 19.3 Å². The monoisotopic (exact) mass is 223 g/mol. The lowest BCUT2D eigenvalue weighted by Gasteiger charge is -2.02. The lowest BCUT2D eigenvalue weighted by molar-refractivity contribution is -0.120. The SMILES string of the molecule is CNC(=O)CCCCCCCn1ccnc1. The summed E-state index contributed by atoms with van der Waals surface area (Å²) in [5.74, 6) is 0.151. The summed E-state index contributed by atoms with van der Waals surface area (Å²) in [5.41, 5.74) is 0. The summed E-state index contributed by atoms with van der Waals surface area (Å²) in [6.45, 7) is 1.05. The molecule has 4 heteroatoms. The Bertz CT molecular complexity index is 282. The molecule has 0 aromatic carbocycles. The summed E-state index contributed by atoms with van der Waals surface area (Å²) < 4.78 is 2.10. The molecule has 0 saturated carbocycles. The van der Waals surface area contributed by atoms with Gasteiger partial charge in [-0.25, -0.2) is 4.98 Å². The first-order valence-electron chi connectivity index (χ1n) is 5.99. The maximum atomic E-state index is 10.9. The molecule has 0 unspecified atom stereocenters. The molecular formula is C12H21N3O. The number of rotatable bonds is 8. The van der Waals surface area contributed by atoms with E-state index in [4.69, 9.17) is 0 Å². The summed E-state index contributed by atoms with van der Waals surface area (Å²) >= 11 is 0. The quantitative estimate of drug-likeness (QED) is 0.685. The topological polar surface area (TPSA) is 46.9 Å². The maximum absolute atomic E-state index is 10.9. The summed E-state index contributed by atoms with van der Waals surface area (Å²) in [6.07, 6.45) is 12.1. The van der Waals surface area contributed by atoms with Crippen molar-refractivity contribution in [1.29, 1.82) is 0 Å². The van der Waals surface area contributed by atoms with Crippen LogP contribution in [0.2, 0.25) is 0 Å². The summed E-state index contributed by atoms with van der Waals surface area (Å²) in [7, 11) is 1.69. The van der Waals surface area contributed by atoms with Crippen molar-refractivity contribution in [2.75, 3.05) is 7.05 Å². The van der Waals surface area contributed by atoms with Crippen LogP contribution in [0.1, 0.15) is 38.5 Å². The Kier molecular flexibility index (Phi) is 6.30. The van der Waals surface area contributed by atoms with Gasteiger partial charge in [-0.15, -0.1) is 0 Å². The van der Waals surface area contributed by atoms with Crippen molar-refractivity contribution in [1.82, 2.24) is 14.9 Å². The van der Waals surface area contributed by atoms with Crippen LogP contribution < -0.4 is 5.32 Å². The molecule has 1 aromatic rings. The van der Waals surface area contributed by atoms with Crippen LogP contribution in [0.25, 0.3) is 0 Å². The molecule has 0 fully saturated rings. The van der Waals surface area contributed by atoms with E-state index in [0.29, 0.717) is 6.42 Å². The van der Waals surface area contributed by atoms with Crippen LogP contribution >= 0.6 is 0 Å². The third kappa shape index (κ3) is 5.53. The first kappa shape index (κ1) is 12.7. The molecule has 1 rings (SSSR count). The van der Waals surface area contributed by atoms with E-state index in [1.807, 2.05) is 18.7 Å². The van der Waals surface area contributed by atoms with E-state index in [0.717, 1.165) is 19.4 Å². The van der Waals surface area contributed by atoms with Gasteiger partial charge in [0.2, 0.25) is 5.91 Å². The molecule has 0 aliphatic carbocycles. The predicted octanol–water partition coefficient (Wildman–Crippen LogP) is 1.97. The second kappa shape index (κ2) is 7.91. The van der Waals surface area contributed by atoms with Crippen LogP contribution in [0, 0.1) is 0 Å². The Labute approximate surface area is 97.1 Å². The minimum Gasteiger partial charge on any atom is -0.359 e. The van der Waals surface area contributed by atoms with Crippen LogP contribution in [0.4, 0.5) is 0 Å². The molecule has 0 spiro atoms. The third-order valence-electron chi connectivity index (χ3n) is 2.66. The van der Waals surface area contributed by atoms with Crippen LogP contribution in [0.15, 0.2) is 18.7 Å². The fraction of sp³-hybridized carbons (Fsp3) is 0.667. The number of nitrogens with zero attached hydrogens (tertiary/aromatic N) is 2. The zero-order valence-corrected chi connectivity index (χ0v) is 9.98. The molecule has 0 atom stereocenters. The highest BCUT2D eigenvalue weighted by atomic mass is 16.1. The number of nitrogens with one attached hydrogen (secondary N) is 1. The van der Waals surface area contributed by atoms with E-state index < -0.39 is 0 Å². The standard InChI is InChI=1S/C12H21N3O/c1-13-12(16)7-5-3-2-4-6-9-15-10-8-14-11-15/h8,10-11H,2-7,9H2,1H3,(H,13,16). The lowest BCUT2D eigenvalue weighted by atomic mass is 10.1. The first-order valence-corrected chi connectivity index (χ1v) is 5.99. The number of hydrogen-bond acceptors (Lipinski definition) is 2. The van der Waals surface area contributed by atoms with Gasteiger partial charge in [0, 0.05) is 32.4 Å². The van der Waals surface area contributed by atoms with Gasteiger partial charge in [-0.3, -0.25) is 4.79 Å². The lowest BCUT2D eigenvalue weighted by Crippen LogP contribution is -2.16. The molecule has 1 heterocycles. The summed E-state index contributed by atoms with van der Waals surface area (Å²) in [5, 5.41) is 2.64. The van der Waals surface area contributed by atoms with Crippen molar-refractivity contribution in [3.63, 3.8) is 0 Å². The first-order chi connectivity index (χ1) is 7.83. The van der Waals surface area contributed by atoms with Crippen LogP contribution in [0.5, 0.6) is 0 Å². The van der Waals surface area contributed by atoms with Crippen molar-refractivity contribution < 1.29 is 4.79 Å². The number of hydrogen-bond donors (Lipinski definition) is 1. The van der Waals surface area contributed by atoms with Crippen LogP contribution in [-0.2, 0) is 11.3 Å². The summed E-state index contributed by atoms with van der Waals surface area (Å²) in [4.78, 5) is 14.9. The highest BCUT2D eigenvalue weighted by molar-refractivity contribution is 5.75. The highest BCUT2D eigenvalue weighted by Crippen LogP contribution is 2.06. The molecule has 1 amide bonds. The van der Waals surface area contributed by atoms with E-state index in [1.54, 1.807) is 7.05 Å². The van der Waals surface area contributed by atoms with Gasteiger partial charge in [-0.2, -0.15) is 0 Å². The fourth-order valence-corrected chi connectivity index (χ4v) is 1.65. The van der Waals surface area contributed by atoms with Crippen molar-refractivity contribution in [2.45, 2.75) is 45.1 Å². The van der Waals surface area contributed by atoms with Crippen molar-refractivity contribution in [2.24, 2.45) is 0 Å². The number of carbonyl (C=O) groups excluding carboxylic acids is 1. The van der Waals surface area contributed by atoms with E-state index in [2.05, 4.69) is 14.9 Å². The summed E-state index contributed by atoms with van der Waals surface area (Å²) in [6, 6.07) is 0. The number of amides is 1. The molecule has 1 aromatic heterocycles. The number of aromatic nitrogens is 2. The average Bonchev–Trinajstić information content (AvgIpc) is 2.80. The fourth-order valence-electron chi connectivity index (χ4n) is 1.65. The Morgan fingerprint density at radius 3 is 2.69 bits per heavy atom. The van der Waals surface area contributed by atoms with E-state index in [9.17, 15) is 4.79 Å². The van der Waals surface area contributed by atoms with E-state index in [-0.39, 0.29) is 5.91 Å². The number of aryl methyl sites for hydroxylation is 1. The molecular weight excluding hydrogens is 202 g/mol. The van der Waals surface area contributed by atoms with Gasteiger partial charge in [0.05, 0.1) is 6.33 Å². The Balaban J connectivity index is 1.87. The van der Waals surface area contributed by atoms with Crippen molar-refractivity contribution in [3.05, 3.63) is 18.7 Å². The van der Waals surface area contributed by atoms with Gasteiger partial charge in [0.15, 0.2) is 0 Å². The smallest absolute Gasteiger partial charge is 0.219 e. The zero-order chi connectivity index (χ0) is 11.6. The molecule has 4 nitrogen and oxygen atoms in total. The molecule has 0 radical (unpaired) electrons. The highest BCUT2D eigenvalue weighted by Gasteiger charge is 1.97. The van der Waals surface area contributed by atoms with Crippen molar-refractivity contribution in [3.8, 4) is 0 Å². The molecule has 0 bridgehead atoms. The van der Waals surface area contributed by atoms with Gasteiger partial charge in [0.1, 0.15) is 0 Å². The number of imidazole rings is 1. The Hall–Kier alpha value is -1.32. The van der Waals surface area contributed by atoms with Gasteiger partial charge in [-0.05, 0) is 12.8 Å². The van der Waals surface area contributed by atoms with E-state index in [1.165, 1.54) is 19.3 Å². The minimum absolute atomic E-state index is 0.151. The van der Waals surface area contributed by atoms with Gasteiger partial charge < -0.3 is 9.88 Å². The predicted molar refractivity (Wildman–Crippen MR) is 64.0 cm³/mol.